The molecule has 1 fully saturated rings. The minimum atomic E-state index is -0.595. The smallest absolute Gasteiger partial charge is 0.407 e. The Balaban J connectivity index is 1.60. The summed E-state index contributed by atoms with van der Waals surface area (Å²) in [6.45, 7) is 6.73. The van der Waals surface area contributed by atoms with Crippen LogP contribution in [-0.4, -0.2) is 45.2 Å². The number of carbonyl (C=O) groups is 1. The number of nitrogens with one attached hydrogen (secondary N) is 1. The number of alkyl carbamates (subject to hydrolysis) is 1. The highest BCUT2D eigenvalue weighted by Crippen LogP contribution is 2.33. The summed E-state index contributed by atoms with van der Waals surface area (Å²) in [5, 5.41) is 11.9. The highest BCUT2D eigenvalue weighted by molar-refractivity contribution is 9.10. The van der Waals surface area contributed by atoms with Gasteiger partial charge in [0.1, 0.15) is 27.8 Å². The lowest BCUT2D eigenvalue weighted by Gasteiger charge is -2.22. The molecule has 0 bridgehead atoms. The topological polar surface area (TPSA) is 95.5 Å². The number of hydrogen-bond acceptors (Lipinski definition) is 6. The third-order valence-corrected chi connectivity index (χ3v) is 5.79. The van der Waals surface area contributed by atoms with Crippen LogP contribution in [0.2, 0.25) is 0 Å². The van der Waals surface area contributed by atoms with Crippen molar-refractivity contribution >= 4 is 33.5 Å². The molecule has 1 aromatic carbocycles. The summed E-state index contributed by atoms with van der Waals surface area (Å²) in [6.07, 6.45) is 3.75. The Kier molecular flexibility index (Phi) is 5.77. The Morgan fingerprint density at radius 2 is 2.19 bits per heavy atom. The Morgan fingerprint density at radius 3 is 2.88 bits per heavy atom. The van der Waals surface area contributed by atoms with Crippen LogP contribution in [0.5, 0.6) is 0 Å². The molecule has 1 amide bonds. The van der Waals surface area contributed by atoms with E-state index in [1.165, 1.54) is 12.1 Å². The van der Waals surface area contributed by atoms with Gasteiger partial charge in [-0.25, -0.2) is 19.2 Å². The summed E-state index contributed by atoms with van der Waals surface area (Å²) < 4.78 is 22.0. The first-order valence-corrected chi connectivity index (χ1v) is 10.9. The molecule has 0 spiro atoms. The maximum atomic E-state index is 14.2. The standard InChI is InChI=1S/C22H22BrFN6O2/c1-22(2,3)32-21(31)27-15-6-8-29(12-15)19-20-28-17(18(23)30(20)9-7-26-19)13-4-5-14(11-25)16(24)10-13/h4-5,7,9-10,15H,6,8,12H2,1-3H3,(H,27,31)/t15-/m1/s1. The monoisotopic (exact) mass is 500 g/mol. The molecule has 0 saturated carbocycles. The van der Waals surface area contributed by atoms with Crippen molar-refractivity contribution in [2.75, 3.05) is 18.0 Å². The highest BCUT2D eigenvalue weighted by Gasteiger charge is 2.29. The van der Waals surface area contributed by atoms with Crippen LogP contribution < -0.4 is 10.2 Å². The van der Waals surface area contributed by atoms with Gasteiger partial charge < -0.3 is 15.0 Å². The minimum Gasteiger partial charge on any atom is -0.444 e. The second-order valence-corrected chi connectivity index (χ2v) is 9.33. The van der Waals surface area contributed by atoms with E-state index in [4.69, 9.17) is 15.0 Å². The van der Waals surface area contributed by atoms with Crippen LogP contribution in [0.25, 0.3) is 16.9 Å². The van der Waals surface area contributed by atoms with Gasteiger partial charge in [0.2, 0.25) is 0 Å². The van der Waals surface area contributed by atoms with Crippen LogP contribution in [0, 0.1) is 17.1 Å². The van der Waals surface area contributed by atoms with Gasteiger partial charge in [-0.15, -0.1) is 0 Å². The lowest BCUT2D eigenvalue weighted by atomic mass is 10.1. The van der Waals surface area contributed by atoms with E-state index in [-0.39, 0.29) is 11.6 Å². The number of benzene rings is 1. The van der Waals surface area contributed by atoms with Crippen molar-refractivity contribution in [3.8, 4) is 17.3 Å². The van der Waals surface area contributed by atoms with Gasteiger partial charge in [-0.3, -0.25) is 4.40 Å². The Bertz CT molecular complexity index is 1230. The largest absolute Gasteiger partial charge is 0.444 e. The zero-order valence-corrected chi connectivity index (χ0v) is 19.5. The fraction of sp³-hybridized carbons (Fsp3) is 0.364. The molecule has 4 rings (SSSR count). The molecule has 1 saturated heterocycles. The molecule has 8 nitrogen and oxygen atoms in total. The zero-order chi connectivity index (χ0) is 23.0. The van der Waals surface area contributed by atoms with E-state index in [1.54, 1.807) is 18.5 Å². The molecular weight excluding hydrogens is 479 g/mol. The number of anilines is 1. The summed E-state index contributed by atoms with van der Waals surface area (Å²) >= 11 is 3.56. The average Bonchev–Trinajstić information content (AvgIpc) is 3.31. The summed E-state index contributed by atoms with van der Waals surface area (Å²) in [6, 6.07) is 6.15. The van der Waals surface area contributed by atoms with Crippen molar-refractivity contribution in [3.05, 3.63) is 46.6 Å². The van der Waals surface area contributed by atoms with E-state index in [2.05, 4.69) is 31.1 Å². The zero-order valence-electron chi connectivity index (χ0n) is 17.9. The second-order valence-electron chi connectivity index (χ2n) is 8.58. The second kappa shape index (κ2) is 8.39. The van der Waals surface area contributed by atoms with Crippen molar-refractivity contribution in [1.29, 1.82) is 5.26 Å². The van der Waals surface area contributed by atoms with Gasteiger partial charge >= 0.3 is 6.09 Å². The molecule has 0 unspecified atom stereocenters. The van der Waals surface area contributed by atoms with Crippen LogP contribution >= 0.6 is 15.9 Å². The maximum Gasteiger partial charge on any atom is 0.407 e. The van der Waals surface area contributed by atoms with Crippen LogP contribution in [0.3, 0.4) is 0 Å². The quantitative estimate of drug-likeness (QED) is 0.576. The van der Waals surface area contributed by atoms with Crippen LogP contribution in [0.1, 0.15) is 32.8 Å². The van der Waals surface area contributed by atoms with Gasteiger partial charge in [0.05, 0.1) is 11.6 Å². The maximum absolute atomic E-state index is 14.2. The van der Waals surface area contributed by atoms with E-state index < -0.39 is 17.5 Å². The predicted molar refractivity (Wildman–Crippen MR) is 121 cm³/mol. The fourth-order valence-electron chi connectivity index (χ4n) is 3.64. The number of imidazole rings is 1. The first kappa shape index (κ1) is 22.0. The highest BCUT2D eigenvalue weighted by atomic mass is 79.9. The van der Waals surface area contributed by atoms with E-state index in [0.29, 0.717) is 40.4 Å². The summed E-state index contributed by atoms with van der Waals surface area (Å²) in [7, 11) is 0. The van der Waals surface area contributed by atoms with E-state index in [9.17, 15) is 9.18 Å². The van der Waals surface area contributed by atoms with Crippen molar-refractivity contribution in [3.63, 3.8) is 0 Å². The lowest BCUT2D eigenvalue weighted by Crippen LogP contribution is -2.40. The van der Waals surface area contributed by atoms with Gasteiger partial charge in [0.15, 0.2) is 11.5 Å². The summed E-state index contributed by atoms with van der Waals surface area (Å²) in [5.41, 5.74) is 1.13. The molecule has 3 heterocycles. The first-order valence-electron chi connectivity index (χ1n) is 10.1. The van der Waals surface area contributed by atoms with Gasteiger partial charge in [-0.1, -0.05) is 6.07 Å². The van der Waals surface area contributed by atoms with Crippen LogP contribution in [0.15, 0.2) is 35.2 Å². The third-order valence-electron chi connectivity index (χ3n) is 5.04. The predicted octanol–water partition coefficient (Wildman–Crippen LogP) is 4.27. The Hall–Kier alpha value is -3.19. The van der Waals surface area contributed by atoms with E-state index >= 15 is 0 Å². The summed E-state index contributed by atoms with van der Waals surface area (Å²) in [5.74, 6) is 0.0740. The number of carbonyl (C=O) groups excluding carboxylic acids is 1. The van der Waals surface area contributed by atoms with E-state index in [0.717, 1.165) is 6.42 Å². The molecule has 166 valence electrons. The number of ether oxygens (including phenoxy) is 1. The Morgan fingerprint density at radius 1 is 1.41 bits per heavy atom. The molecule has 1 atom stereocenters. The molecule has 3 aromatic rings. The van der Waals surface area contributed by atoms with Gasteiger partial charge in [-0.05, 0) is 55.3 Å². The molecule has 1 N–H and O–H groups in total. The van der Waals surface area contributed by atoms with Crippen LogP contribution in [0.4, 0.5) is 15.0 Å². The number of hydrogen-bond donors (Lipinski definition) is 1. The van der Waals surface area contributed by atoms with Gasteiger partial charge in [0, 0.05) is 31.0 Å². The van der Waals surface area contributed by atoms with Crippen molar-refractivity contribution in [1.82, 2.24) is 19.7 Å². The molecule has 10 heteroatoms. The molecular formula is C22H22BrFN6O2. The normalized spacial score (nSPS) is 16.2. The molecule has 32 heavy (non-hydrogen) atoms. The Labute approximate surface area is 193 Å². The molecule has 1 aliphatic heterocycles. The lowest BCUT2D eigenvalue weighted by molar-refractivity contribution is 0.0509. The van der Waals surface area contributed by atoms with E-state index in [1.807, 2.05) is 31.2 Å². The number of nitrogens with zero attached hydrogens (tertiary/aromatic N) is 5. The molecule has 1 aliphatic rings. The average molecular weight is 501 g/mol. The fourth-order valence-corrected chi connectivity index (χ4v) is 4.24. The van der Waals surface area contributed by atoms with Crippen molar-refractivity contribution in [2.45, 2.75) is 38.8 Å². The molecule has 2 aromatic heterocycles. The molecule has 0 radical (unpaired) electrons. The number of fused-ring (bicyclic) bond motifs is 1. The van der Waals surface area contributed by atoms with Crippen LogP contribution in [-0.2, 0) is 4.74 Å². The number of halogens is 2. The SMILES string of the molecule is CC(C)(C)OC(=O)N[C@@H]1CCN(c2nccn3c(Br)c(-c4ccc(C#N)c(F)c4)nc23)C1. The molecule has 0 aliphatic carbocycles. The number of aromatic nitrogens is 3. The number of nitriles is 1. The minimum absolute atomic E-state index is 0.0170. The van der Waals surface area contributed by atoms with Gasteiger partial charge in [-0.2, -0.15) is 5.26 Å². The first-order chi connectivity index (χ1) is 15.2. The number of rotatable bonds is 3. The van der Waals surface area contributed by atoms with Crippen molar-refractivity contribution < 1.29 is 13.9 Å². The summed E-state index contributed by atoms with van der Waals surface area (Å²) in [4.78, 5) is 23.4. The van der Waals surface area contributed by atoms with Crippen molar-refractivity contribution in [2.24, 2.45) is 0 Å². The van der Waals surface area contributed by atoms with Gasteiger partial charge in [0.25, 0.3) is 0 Å². The third kappa shape index (κ3) is 4.39. The number of amides is 1.